The summed E-state index contributed by atoms with van der Waals surface area (Å²) < 4.78 is 18.6. The molecule has 0 spiro atoms. The number of nitrogens with one attached hydrogen (secondary N) is 3. The Morgan fingerprint density at radius 3 is 2.93 bits per heavy atom. The lowest BCUT2D eigenvalue weighted by molar-refractivity contribution is 0.0437. The molecule has 4 N–H and O–H groups in total. The number of fused-ring (bicyclic) bond motifs is 1. The standard InChI is InChI=1S/C20H25FN4O2/c1-3-22-19(25-13-20(2,26)18-5-4-10-27-18)23-9-8-14-12-24-17-11-15(21)6-7-16(14)17/h4-7,10-12,24,26H,3,8-9,13H2,1-2H3,(H2,22,23,25). The van der Waals surface area contributed by atoms with Gasteiger partial charge in [-0.3, -0.25) is 0 Å². The van der Waals surface area contributed by atoms with Gasteiger partial charge in [0, 0.05) is 30.2 Å². The second-order valence-electron chi connectivity index (χ2n) is 6.63. The molecule has 144 valence electrons. The van der Waals surface area contributed by atoms with Gasteiger partial charge < -0.3 is 25.1 Å². The summed E-state index contributed by atoms with van der Waals surface area (Å²) in [4.78, 5) is 7.56. The van der Waals surface area contributed by atoms with Crippen LogP contribution in [0.3, 0.4) is 0 Å². The summed E-state index contributed by atoms with van der Waals surface area (Å²) in [5.74, 6) is 0.850. The van der Waals surface area contributed by atoms with Gasteiger partial charge in [0.15, 0.2) is 5.96 Å². The molecule has 1 aromatic carbocycles. The topological polar surface area (TPSA) is 85.6 Å². The van der Waals surface area contributed by atoms with Crippen molar-refractivity contribution in [2.45, 2.75) is 25.9 Å². The fourth-order valence-corrected chi connectivity index (χ4v) is 2.92. The molecular weight excluding hydrogens is 347 g/mol. The van der Waals surface area contributed by atoms with E-state index in [-0.39, 0.29) is 12.4 Å². The minimum Gasteiger partial charge on any atom is -0.466 e. The van der Waals surface area contributed by atoms with Gasteiger partial charge in [-0.25, -0.2) is 9.38 Å². The average Bonchev–Trinajstić information content (AvgIpc) is 3.30. The first-order chi connectivity index (χ1) is 13.0. The number of aromatic nitrogens is 1. The van der Waals surface area contributed by atoms with Crippen molar-refractivity contribution in [1.82, 2.24) is 15.6 Å². The third kappa shape index (κ3) is 4.68. The van der Waals surface area contributed by atoms with E-state index in [0.29, 0.717) is 24.8 Å². The maximum Gasteiger partial charge on any atom is 0.191 e. The van der Waals surface area contributed by atoms with E-state index in [1.54, 1.807) is 25.1 Å². The number of benzene rings is 1. The summed E-state index contributed by atoms with van der Waals surface area (Å²) in [6.07, 6.45) is 4.19. The van der Waals surface area contributed by atoms with E-state index in [1.165, 1.54) is 18.4 Å². The molecule has 0 aliphatic heterocycles. The number of hydrogen-bond acceptors (Lipinski definition) is 3. The number of nitrogens with zero attached hydrogens (tertiary/aromatic N) is 1. The minimum absolute atomic E-state index is 0.169. The van der Waals surface area contributed by atoms with Crippen molar-refractivity contribution < 1.29 is 13.9 Å². The monoisotopic (exact) mass is 372 g/mol. The van der Waals surface area contributed by atoms with E-state index in [9.17, 15) is 9.50 Å². The second-order valence-corrected chi connectivity index (χ2v) is 6.63. The lowest BCUT2D eigenvalue weighted by Crippen LogP contribution is -2.39. The molecule has 3 rings (SSSR count). The number of rotatable bonds is 7. The van der Waals surface area contributed by atoms with Gasteiger partial charge in [-0.1, -0.05) is 0 Å². The molecule has 0 radical (unpaired) electrons. The normalized spacial score (nSPS) is 14.3. The third-order valence-electron chi connectivity index (χ3n) is 4.36. The van der Waals surface area contributed by atoms with Gasteiger partial charge in [0.1, 0.15) is 17.2 Å². The molecule has 7 heteroatoms. The molecule has 0 fully saturated rings. The van der Waals surface area contributed by atoms with E-state index in [0.717, 1.165) is 22.9 Å². The highest BCUT2D eigenvalue weighted by Crippen LogP contribution is 2.21. The minimum atomic E-state index is -1.17. The number of furan rings is 1. The van der Waals surface area contributed by atoms with Gasteiger partial charge in [0.25, 0.3) is 0 Å². The lowest BCUT2D eigenvalue weighted by atomic mass is 10.0. The number of halogens is 1. The summed E-state index contributed by atoms with van der Waals surface area (Å²) in [6, 6.07) is 8.22. The fourth-order valence-electron chi connectivity index (χ4n) is 2.92. The van der Waals surface area contributed by atoms with E-state index in [2.05, 4.69) is 20.6 Å². The van der Waals surface area contributed by atoms with Crippen LogP contribution in [0.1, 0.15) is 25.2 Å². The second kappa shape index (κ2) is 8.26. The molecule has 0 amide bonds. The van der Waals surface area contributed by atoms with Crippen LogP contribution in [0.15, 0.2) is 52.2 Å². The molecule has 6 nitrogen and oxygen atoms in total. The number of aliphatic imine (C=N–C) groups is 1. The van der Waals surface area contributed by atoms with Crippen LogP contribution in [0.4, 0.5) is 4.39 Å². The Kier molecular flexibility index (Phi) is 5.81. The number of aliphatic hydroxyl groups is 1. The van der Waals surface area contributed by atoms with Crippen LogP contribution in [0.2, 0.25) is 0 Å². The first kappa shape index (κ1) is 19.0. The quantitative estimate of drug-likeness (QED) is 0.379. The average molecular weight is 372 g/mol. The molecule has 1 unspecified atom stereocenters. The van der Waals surface area contributed by atoms with Gasteiger partial charge in [-0.2, -0.15) is 0 Å². The number of H-pyrrole nitrogens is 1. The van der Waals surface area contributed by atoms with Crippen LogP contribution in [0, 0.1) is 5.82 Å². The van der Waals surface area contributed by atoms with Crippen LogP contribution in [-0.4, -0.2) is 35.7 Å². The SMILES string of the molecule is CCNC(=NCC(C)(O)c1ccco1)NCCc1c[nH]c2cc(F)ccc12. The Morgan fingerprint density at radius 2 is 2.19 bits per heavy atom. The Hall–Kier alpha value is -2.80. The van der Waals surface area contributed by atoms with Crippen molar-refractivity contribution in [3.05, 3.63) is 59.9 Å². The predicted molar refractivity (Wildman–Crippen MR) is 104 cm³/mol. The van der Waals surface area contributed by atoms with Crippen LogP contribution in [-0.2, 0) is 12.0 Å². The molecule has 0 aliphatic rings. The highest BCUT2D eigenvalue weighted by atomic mass is 19.1. The number of guanidine groups is 1. The van der Waals surface area contributed by atoms with E-state index >= 15 is 0 Å². The molecule has 2 heterocycles. The van der Waals surface area contributed by atoms with Crippen LogP contribution >= 0.6 is 0 Å². The Morgan fingerprint density at radius 1 is 1.33 bits per heavy atom. The predicted octanol–water partition coefficient (Wildman–Crippen LogP) is 2.91. The summed E-state index contributed by atoms with van der Waals surface area (Å²) in [7, 11) is 0. The maximum absolute atomic E-state index is 13.3. The van der Waals surface area contributed by atoms with Crippen molar-refractivity contribution in [2.75, 3.05) is 19.6 Å². The lowest BCUT2D eigenvalue weighted by Gasteiger charge is -2.19. The molecule has 0 saturated heterocycles. The molecule has 0 aliphatic carbocycles. The zero-order chi connectivity index (χ0) is 19.3. The maximum atomic E-state index is 13.3. The van der Waals surface area contributed by atoms with Gasteiger partial charge >= 0.3 is 0 Å². The fraction of sp³-hybridized carbons (Fsp3) is 0.350. The molecule has 27 heavy (non-hydrogen) atoms. The van der Waals surface area contributed by atoms with Gasteiger partial charge in [0.2, 0.25) is 0 Å². The Labute approximate surface area is 157 Å². The zero-order valence-electron chi connectivity index (χ0n) is 15.6. The van der Waals surface area contributed by atoms with Gasteiger partial charge in [-0.05, 0) is 56.2 Å². The van der Waals surface area contributed by atoms with Crippen molar-refractivity contribution in [3.63, 3.8) is 0 Å². The summed E-state index contributed by atoms with van der Waals surface area (Å²) in [6.45, 7) is 5.18. The smallest absolute Gasteiger partial charge is 0.191 e. The zero-order valence-corrected chi connectivity index (χ0v) is 15.6. The molecule has 1 atom stereocenters. The molecule has 2 aromatic heterocycles. The van der Waals surface area contributed by atoms with E-state index in [4.69, 9.17) is 4.42 Å². The first-order valence-corrected chi connectivity index (χ1v) is 9.03. The van der Waals surface area contributed by atoms with Gasteiger partial charge in [0.05, 0.1) is 12.8 Å². The van der Waals surface area contributed by atoms with Crippen LogP contribution in [0.25, 0.3) is 10.9 Å². The van der Waals surface area contributed by atoms with Crippen molar-refractivity contribution in [1.29, 1.82) is 0 Å². The highest BCUT2D eigenvalue weighted by molar-refractivity contribution is 5.83. The van der Waals surface area contributed by atoms with Crippen molar-refractivity contribution >= 4 is 16.9 Å². The van der Waals surface area contributed by atoms with Crippen LogP contribution < -0.4 is 10.6 Å². The molecule has 0 saturated carbocycles. The molecule has 0 bridgehead atoms. The highest BCUT2D eigenvalue weighted by Gasteiger charge is 2.26. The number of aromatic amines is 1. The van der Waals surface area contributed by atoms with E-state index in [1.807, 2.05) is 13.1 Å². The van der Waals surface area contributed by atoms with Crippen molar-refractivity contribution in [3.8, 4) is 0 Å². The first-order valence-electron chi connectivity index (χ1n) is 9.03. The van der Waals surface area contributed by atoms with Crippen LogP contribution in [0.5, 0.6) is 0 Å². The molecule has 3 aromatic rings. The number of hydrogen-bond donors (Lipinski definition) is 4. The summed E-state index contributed by atoms with van der Waals surface area (Å²) in [5.41, 5.74) is 0.725. The van der Waals surface area contributed by atoms with Crippen molar-refractivity contribution in [2.24, 2.45) is 4.99 Å². The third-order valence-corrected chi connectivity index (χ3v) is 4.36. The summed E-state index contributed by atoms with van der Waals surface area (Å²) in [5, 5.41) is 18.0. The largest absolute Gasteiger partial charge is 0.466 e. The van der Waals surface area contributed by atoms with Gasteiger partial charge in [-0.15, -0.1) is 0 Å². The molecular formula is C20H25FN4O2. The van der Waals surface area contributed by atoms with E-state index < -0.39 is 5.60 Å². The summed E-state index contributed by atoms with van der Waals surface area (Å²) >= 11 is 0. The Bertz CT molecular complexity index is 900. The Balaban J connectivity index is 1.60.